The minimum Gasteiger partial charge on any atom is -0.215 e. The van der Waals surface area contributed by atoms with E-state index in [9.17, 15) is 13.2 Å². The minimum absolute atomic E-state index is 0.0984. The highest BCUT2D eigenvalue weighted by molar-refractivity contribution is 5.26. The molecule has 0 aliphatic heterocycles. The zero-order chi connectivity index (χ0) is 8.85. The molecular formula is C8H9F3. The maximum absolute atomic E-state index is 12.3. The largest absolute Gasteiger partial charge is 0.215 e. The molecule has 0 nitrogen and oxygen atoms in total. The molecule has 0 radical (unpaired) electrons. The van der Waals surface area contributed by atoms with Crippen LogP contribution in [0, 0.1) is 0 Å². The van der Waals surface area contributed by atoms with Crippen molar-refractivity contribution < 1.29 is 13.2 Å². The molecule has 0 aromatic rings. The van der Waals surface area contributed by atoms with Crippen molar-refractivity contribution in [3.05, 3.63) is 36.2 Å². The molecule has 0 heterocycles. The zero-order valence-corrected chi connectivity index (χ0v) is 6.20. The topological polar surface area (TPSA) is 0 Å². The van der Waals surface area contributed by atoms with Crippen molar-refractivity contribution in [2.75, 3.05) is 0 Å². The molecule has 0 amide bonds. The molecule has 0 aliphatic carbocycles. The highest BCUT2D eigenvalue weighted by Gasteiger charge is 1.99. The molecule has 0 N–H and O–H groups in total. The number of hydrogen-bond acceptors (Lipinski definition) is 0. The van der Waals surface area contributed by atoms with Crippen LogP contribution in [0.5, 0.6) is 0 Å². The first-order valence-corrected chi connectivity index (χ1v) is 3.13. The van der Waals surface area contributed by atoms with Crippen LogP contribution in [0.2, 0.25) is 0 Å². The summed E-state index contributed by atoms with van der Waals surface area (Å²) in [6, 6.07) is 0. The van der Waals surface area contributed by atoms with Crippen molar-refractivity contribution in [1.29, 1.82) is 0 Å². The Bertz CT molecular complexity index is 201. The van der Waals surface area contributed by atoms with Crippen LogP contribution >= 0.6 is 0 Å². The van der Waals surface area contributed by atoms with Crippen molar-refractivity contribution in [3.63, 3.8) is 0 Å². The van der Waals surface area contributed by atoms with Gasteiger partial charge in [-0.25, -0.2) is 13.2 Å². The maximum Gasteiger partial charge on any atom is 0.158 e. The number of allylic oxidation sites excluding steroid dienone is 4. The lowest BCUT2D eigenvalue weighted by atomic mass is 10.2. The Morgan fingerprint density at radius 1 is 1.45 bits per heavy atom. The van der Waals surface area contributed by atoms with Gasteiger partial charge in [0.1, 0.15) is 0 Å². The molecule has 0 atom stereocenters. The summed E-state index contributed by atoms with van der Waals surface area (Å²) >= 11 is 0. The van der Waals surface area contributed by atoms with Crippen molar-refractivity contribution in [2.24, 2.45) is 0 Å². The second kappa shape index (κ2) is 4.77. The fourth-order valence-electron chi connectivity index (χ4n) is 0.452. The summed E-state index contributed by atoms with van der Waals surface area (Å²) in [7, 11) is 0. The van der Waals surface area contributed by atoms with Crippen LogP contribution in [0.4, 0.5) is 13.2 Å². The SMILES string of the molecule is C=C(F)/C(F)=C\C(=C/F)CC. The lowest BCUT2D eigenvalue weighted by Gasteiger charge is -1.93. The average Bonchev–Trinajstić information content (AvgIpc) is 1.99. The van der Waals surface area contributed by atoms with Gasteiger partial charge < -0.3 is 0 Å². The van der Waals surface area contributed by atoms with Gasteiger partial charge in [-0.15, -0.1) is 0 Å². The van der Waals surface area contributed by atoms with Gasteiger partial charge in [0.25, 0.3) is 0 Å². The third-order valence-electron chi connectivity index (χ3n) is 1.12. The van der Waals surface area contributed by atoms with E-state index in [2.05, 4.69) is 6.58 Å². The monoisotopic (exact) mass is 162 g/mol. The molecule has 0 fully saturated rings. The molecule has 0 spiro atoms. The normalized spacial score (nSPS) is 13.5. The van der Waals surface area contributed by atoms with Gasteiger partial charge in [-0.1, -0.05) is 13.5 Å². The minimum atomic E-state index is -1.18. The van der Waals surface area contributed by atoms with E-state index >= 15 is 0 Å². The first-order valence-electron chi connectivity index (χ1n) is 3.13. The predicted octanol–water partition coefficient (Wildman–Crippen LogP) is 3.59. The van der Waals surface area contributed by atoms with Crippen LogP contribution in [0.1, 0.15) is 13.3 Å². The van der Waals surface area contributed by atoms with Gasteiger partial charge in [-0.05, 0) is 18.1 Å². The Labute approximate surface area is 63.7 Å². The van der Waals surface area contributed by atoms with Crippen LogP contribution in [0.15, 0.2) is 36.2 Å². The number of rotatable bonds is 3. The molecule has 11 heavy (non-hydrogen) atoms. The smallest absolute Gasteiger partial charge is 0.158 e. The fourth-order valence-corrected chi connectivity index (χ4v) is 0.452. The third kappa shape index (κ3) is 3.65. The summed E-state index contributed by atoms with van der Waals surface area (Å²) in [6.07, 6.45) is 1.34. The van der Waals surface area contributed by atoms with Gasteiger partial charge in [0.15, 0.2) is 11.7 Å². The standard InChI is InChI=1S/C8H9F3/c1-3-7(5-9)4-8(11)6(2)10/h4-5H,2-3H2,1H3/b7-5-,8-4+. The van der Waals surface area contributed by atoms with E-state index in [1.165, 1.54) is 0 Å². The van der Waals surface area contributed by atoms with E-state index in [4.69, 9.17) is 0 Å². The van der Waals surface area contributed by atoms with Gasteiger partial charge in [0, 0.05) is 0 Å². The van der Waals surface area contributed by atoms with Gasteiger partial charge >= 0.3 is 0 Å². The molecular weight excluding hydrogens is 153 g/mol. The number of halogens is 3. The molecule has 0 aromatic carbocycles. The van der Waals surface area contributed by atoms with E-state index in [0.717, 1.165) is 6.08 Å². The highest BCUT2D eigenvalue weighted by Crippen LogP contribution is 2.14. The molecule has 0 rings (SSSR count). The lowest BCUT2D eigenvalue weighted by molar-refractivity contribution is 0.546. The van der Waals surface area contributed by atoms with Crippen LogP contribution in [-0.2, 0) is 0 Å². The Balaban J connectivity index is 4.40. The average molecular weight is 162 g/mol. The van der Waals surface area contributed by atoms with Gasteiger partial charge in [0.2, 0.25) is 0 Å². The summed E-state index contributed by atoms with van der Waals surface area (Å²) in [5.41, 5.74) is 0.0984. The Morgan fingerprint density at radius 2 is 2.00 bits per heavy atom. The first-order chi connectivity index (χ1) is 5.11. The highest BCUT2D eigenvalue weighted by atomic mass is 19.2. The van der Waals surface area contributed by atoms with Crippen LogP contribution in [0.25, 0.3) is 0 Å². The zero-order valence-electron chi connectivity index (χ0n) is 6.20. The Hall–Kier alpha value is -0.990. The second-order valence-electron chi connectivity index (χ2n) is 1.93. The molecule has 62 valence electrons. The van der Waals surface area contributed by atoms with Gasteiger partial charge in [0.05, 0.1) is 6.33 Å². The molecule has 0 aromatic heterocycles. The van der Waals surface area contributed by atoms with Crippen molar-refractivity contribution >= 4 is 0 Å². The van der Waals surface area contributed by atoms with E-state index in [1.54, 1.807) is 6.92 Å². The van der Waals surface area contributed by atoms with Crippen molar-refractivity contribution in [2.45, 2.75) is 13.3 Å². The van der Waals surface area contributed by atoms with E-state index < -0.39 is 11.7 Å². The third-order valence-corrected chi connectivity index (χ3v) is 1.12. The molecule has 0 bridgehead atoms. The summed E-state index contributed by atoms with van der Waals surface area (Å²) in [5.74, 6) is -2.31. The number of hydrogen-bond donors (Lipinski definition) is 0. The van der Waals surface area contributed by atoms with E-state index in [1.807, 2.05) is 0 Å². The maximum atomic E-state index is 12.3. The predicted molar refractivity (Wildman–Crippen MR) is 38.9 cm³/mol. The molecule has 0 aliphatic rings. The quantitative estimate of drug-likeness (QED) is 0.556. The Morgan fingerprint density at radius 3 is 2.27 bits per heavy atom. The van der Waals surface area contributed by atoms with Crippen LogP contribution in [-0.4, -0.2) is 0 Å². The Kier molecular flexibility index (Phi) is 4.34. The molecule has 0 saturated carbocycles. The summed E-state index contributed by atoms with van der Waals surface area (Å²) in [4.78, 5) is 0. The summed E-state index contributed by atoms with van der Waals surface area (Å²) < 4.78 is 36.0. The van der Waals surface area contributed by atoms with E-state index in [-0.39, 0.29) is 11.9 Å². The summed E-state index contributed by atoms with van der Waals surface area (Å²) in [6.45, 7) is 4.35. The van der Waals surface area contributed by atoms with E-state index in [0.29, 0.717) is 6.42 Å². The second-order valence-corrected chi connectivity index (χ2v) is 1.93. The lowest BCUT2D eigenvalue weighted by Crippen LogP contribution is -1.77. The van der Waals surface area contributed by atoms with Gasteiger partial charge in [-0.2, -0.15) is 0 Å². The summed E-state index contributed by atoms with van der Waals surface area (Å²) in [5, 5.41) is 0. The first kappa shape index (κ1) is 10.0. The molecule has 0 unspecified atom stereocenters. The van der Waals surface area contributed by atoms with Crippen molar-refractivity contribution in [1.82, 2.24) is 0 Å². The van der Waals surface area contributed by atoms with Gasteiger partial charge in [-0.3, -0.25) is 0 Å². The fraction of sp³-hybridized carbons (Fsp3) is 0.250. The van der Waals surface area contributed by atoms with Crippen LogP contribution in [0.3, 0.4) is 0 Å². The van der Waals surface area contributed by atoms with Crippen LogP contribution < -0.4 is 0 Å². The van der Waals surface area contributed by atoms with Crippen molar-refractivity contribution in [3.8, 4) is 0 Å². The molecule has 3 heteroatoms. The molecule has 0 saturated heterocycles.